The van der Waals surface area contributed by atoms with Gasteiger partial charge < -0.3 is 10.1 Å². The van der Waals surface area contributed by atoms with Gasteiger partial charge in [-0.15, -0.1) is 0 Å². The van der Waals surface area contributed by atoms with Crippen molar-refractivity contribution >= 4 is 12.0 Å². The molecule has 2 aromatic carbocycles. The molecule has 0 aliphatic heterocycles. The zero-order valence-corrected chi connectivity index (χ0v) is 13.3. The first kappa shape index (κ1) is 16.3. The number of hydrogen-bond acceptors (Lipinski definition) is 5. The fraction of sp³-hybridized carbons (Fsp3) is 0.0556. The van der Waals surface area contributed by atoms with Crippen LogP contribution < -0.4 is 20.9 Å². The molecule has 3 N–H and O–H groups in total. The molecule has 0 aliphatic carbocycles. The number of carbonyl (C=O) groups is 1. The van der Waals surface area contributed by atoms with Gasteiger partial charge in [0.1, 0.15) is 11.5 Å². The molecule has 0 aliphatic rings. The first-order valence-corrected chi connectivity index (χ1v) is 7.69. The number of nitrogens with zero attached hydrogens (tertiary/aromatic N) is 2. The number of ether oxygens (including phenoxy) is 1. The Labute approximate surface area is 145 Å². The lowest BCUT2D eigenvalue weighted by atomic mass is 10.2. The third kappa shape index (κ3) is 4.93. The highest BCUT2D eigenvalue weighted by Crippen LogP contribution is 2.24. The normalized spacial score (nSPS) is 9.92. The van der Waals surface area contributed by atoms with Crippen molar-refractivity contribution in [2.75, 3.05) is 5.43 Å². The SMILES string of the molecule is O=C(NCc1ccccc1Oc1ccccc1)NNc1ncccn1. The van der Waals surface area contributed by atoms with Gasteiger partial charge in [0, 0.05) is 24.5 Å². The molecule has 3 rings (SSSR count). The first-order valence-electron chi connectivity index (χ1n) is 7.69. The Morgan fingerprint density at radius 3 is 2.44 bits per heavy atom. The highest BCUT2D eigenvalue weighted by molar-refractivity contribution is 5.75. The zero-order valence-electron chi connectivity index (χ0n) is 13.3. The topological polar surface area (TPSA) is 88.2 Å². The molecule has 0 spiro atoms. The molecule has 0 bridgehead atoms. The van der Waals surface area contributed by atoms with Gasteiger partial charge in [0.05, 0.1) is 0 Å². The summed E-state index contributed by atoms with van der Waals surface area (Å²) in [4.78, 5) is 19.8. The van der Waals surface area contributed by atoms with Crippen molar-refractivity contribution in [3.8, 4) is 11.5 Å². The predicted molar refractivity (Wildman–Crippen MR) is 94.0 cm³/mol. The van der Waals surface area contributed by atoms with E-state index in [1.165, 1.54) is 0 Å². The van der Waals surface area contributed by atoms with Crippen molar-refractivity contribution in [2.24, 2.45) is 0 Å². The van der Waals surface area contributed by atoms with Crippen LogP contribution in [0.3, 0.4) is 0 Å². The van der Waals surface area contributed by atoms with E-state index in [0.29, 0.717) is 18.2 Å². The van der Waals surface area contributed by atoms with E-state index in [9.17, 15) is 4.79 Å². The van der Waals surface area contributed by atoms with Gasteiger partial charge in [-0.05, 0) is 24.3 Å². The number of benzene rings is 2. The van der Waals surface area contributed by atoms with E-state index < -0.39 is 6.03 Å². The molecule has 7 heteroatoms. The summed E-state index contributed by atoms with van der Waals surface area (Å²) in [6.07, 6.45) is 3.15. The summed E-state index contributed by atoms with van der Waals surface area (Å²) >= 11 is 0. The number of carbonyl (C=O) groups excluding carboxylic acids is 1. The number of hydrogen-bond donors (Lipinski definition) is 3. The predicted octanol–water partition coefficient (Wildman–Crippen LogP) is 3.10. The van der Waals surface area contributed by atoms with Crippen molar-refractivity contribution in [3.63, 3.8) is 0 Å². The van der Waals surface area contributed by atoms with E-state index in [0.717, 1.165) is 11.3 Å². The zero-order chi connectivity index (χ0) is 17.3. The van der Waals surface area contributed by atoms with Gasteiger partial charge in [0.2, 0.25) is 5.95 Å². The molecule has 0 fully saturated rings. The highest BCUT2D eigenvalue weighted by atomic mass is 16.5. The van der Waals surface area contributed by atoms with E-state index in [-0.39, 0.29) is 0 Å². The van der Waals surface area contributed by atoms with Gasteiger partial charge in [-0.25, -0.2) is 20.2 Å². The molecule has 3 aromatic rings. The minimum absolute atomic E-state index is 0.311. The molecule has 0 saturated carbocycles. The van der Waals surface area contributed by atoms with Crippen LogP contribution in [0.4, 0.5) is 10.7 Å². The van der Waals surface area contributed by atoms with Crippen LogP contribution in [0, 0.1) is 0 Å². The van der Waals surface area contributed by atoms with Gasteiger partial charge in [0.25, 0.3) is 0 Å². The second-order valence-corrected chi connectivity index (χ2v) is 5.03. The Morgan fingerprint density at radius 2 is 1.64 bits per heavy atom. The number of rotatable bonds is 6. The summed E-state index contributed by atoms with van der Waals surface area (Å²) in [6, 6.07) is 18.3. The van der Waals surface area contributed by atoms with E-state index in [1.54, 1.807) is 18.5 Å². The van der Waals surface area contributed by atoms with Crippen LogP contribution in [0.2, 0.25) is 0 Å². The van der Waals surface area contributed by atoms with E-state index in [4.69, 9.17) is 4.74 Å². The maximum absolute atomic E-state index is 11.9. The van der Waals surface area contributed by atoms with E-state index >= 15 is 0 Å². The van der Waals surface area contributed by atoms with Gasteiger partial charge in [0.15, 0.2) is 0 Å². The molecule has 0 unspecified atom stereocenters. The quantitative estimate of drug-likeness (QED) is 0.603. The standard InChI is InChI=1S/C18H17N5O2/c24-18(23-22-17-19-11-6-12-20-17)21-13-14-7-4-5-10-16(14)25-15-8-2-1-3-9-15/h1-12H,13H2,(H,19,20,22)(H2,21,23,24). The number of nitrogens with one attached hydrogen (secondary N) is 3. The van der Waals surface area contributed by atoms with E-state index in [1.807, 2.05) is 54.6 Å². The minimum Gasteiger partial charge on any atom is -0.457 e. The van der Waals surface area contributed by atoms with Gasteiger partial charge in [-0.2, -0.15) is 0 Å². The van der Waals surface area contributed by atoms with Gasteiger partial charge in [-0.1, -0.05) is 36.4 Å². The Kier molecular flexibility index (Phi) is 5.40. The van der Waals surface area contributed by atoms with Crippen molar-refractivity contribution in [2.45, 2.75) is 6.54 Å². The van der Waals surface area contributed by atoms with Crippen molar-refractivity contribution in [1.29, 1.82) is 0 Å². The number of amides is 2. The van der Waals surface area contributed by atoms with E-state index in [2.05, 4.69) is 26.1 Å². The van der Waals surface area contributed by atoms with Crippen LogP contribution in [-0.4, -0.2) is 16.0 Å². The summed E-state index contributed by atoms with van der Waals surface area (Å²) in [5.41, 5.74) is 5.95. The molecule has 7 nitrogen and oxygen atoms in total. The number of aromatic nitrogens is 2. The number of anilines is 1. The fourth-order valence-electron chi connectivity index (χ4n) is 2.06. The van der Waals surface area contributed by atoms with Gasteiger partial charge >= 0.3 is 6.03 Å². The average molecular weight is 335 g/mol. The molecule has 126 valence electrons. The summed E-state index contributed by atoms with van der Waals surface area (Å²) in [5, 5.41) is 2.75. The maximum atomic E-state index is 11.9. The molecule has 0 radical (unpaired) electrons. The van der Waals surface area contributed by atoms with Gasteiger partial charge in [-0.3, -0.25) is 5.43 Å². The second-order valence-electron chi connectivity index (χ2n) is 5.03. The lowest BCUT2D eigenvalue weighted by Crippen LogP contribution is -2.39. The van der Waals surface area contributed by atoms with Crippen LogP contribution in [0.15, 0.2) is 73.1 Å². The summed E-state index contributed by atoms with van der Waals surface area (Å²) in [5.74, 6) is 1.74. The highest BCUT2D eigenvalue weighted by Gasteiger charge is 2.06. The monoisotopic (exact) mass is 335 g/mol. The first-order chi connectivity index (χ1) is 12.3. The molecular weight excluding hydrogens is 318 g/mol. The Morgan fingerprint density at radius 1 is 0.920 bits per heavy atom. The largest absolute Gasteiger partial charge is 0.457 e. The molecule has 0 atom stereocenters. The Hall–Kier alpha value is -3.61. The van der Waals surface area contributed by atoms with Crippen LogP contribution in [0.25, 0.3) is 0 Å². The lowest BCUT2D eigenvalue weighted by Gasteiger charge is -2.12. The average Bonchev–Trinajstić information content (AvgIpc) is 2.67. The number of para-hydroxylation sites is 2. The molecule has 0 saturated heterocycles. The van der Waals surface area contributed by atoms with Crippen LogP contribution in [0.5, 0.6) is 11.5 Å². The third-order valence-corrected chi connectivity index (χ3v) is 3.24. The van der Waals surface area contributed by atoms with Crippen LogP contribution in [-0.2, 0) is 6.54 Å². The van der Waals surface area contributed by atoms with Crippen molar-refractivity contribution in [3.05, 3.63) is 78.6 Å². The third-order valence-electron chi connectivity index (χ3n) is 3.24. The van der Waals surface area contributed by atoms with Crippen molar-refractivity contribution < 1.29 is 9.53 Å². The molecule has 2 amide bonds. The van der Waals surface area contributed by atoms with Crippen molar-refractivity contribution in [1.82, 2.24) is 20.7 Å². The molecule has 25 heavy (non-hydrogen) atoms. The van der Waals surface area contributed by atoms with Crippen LogP contribution in [0.1, 0.15) is 5.56 Å². The number of urea groups is 1. The summed E-state index contributed by atoms with van der Waals surface area (Å²) in [7, 11) is 0. The summed E-state index contributed by atoms with van der Waals surface area (Å²) in [6.45, 7) is 0.312. The number of hydrazine groups is 1. The molecular formula is C18H17N5O2. The van der Waals surface area contributed by atoms with Crippen LogP contribution >= 0.6 is 0 Å². The second kappa shape index (κ2) is 8.30. The molecule has 1 aromatic heterocycles. The maximum Gasteiger partial charge on any atom is 0.333 e. The smallest absolute Gasteiger partial charge is 0.333 e. The minimum atomic E-state index is -0.401. The fourth-order valence-corrected chi connectivity index (χ4v) is 2.06. The molecule has 1 heterocycles. The summed E-state index contributed by atoms with van der Waals surface area (Å²) < 4.78 is 5.86. The lowest BCUT2D eigenvalue weighted by molar-refractivity contribution is 0.242. The Balaban J connectivity index is 1.55. The Bertz CT molecular complexity index is 812.